The number of rotatable bonds is 12. The number of aromatic nitrogens is 17. The maximum absolute atomic E-state index is 12.9. The van der Waals surface area contributed by atoms with Gasteiger partial charge in [-0.05, 0) is 202 Å². The molecule has 27 nitrogen and oxygen atoms in total. The van der Waals surface area contributed by atoms with Crippen molar-refractivity contribution in [2.45, 2.75) is 268 Å². The Morgan fingerprint density at radius 1 is 0.403 bits per heavy atom. The molecule has 6 fully saturated rings. The second kappa shape index (κ2) is 34.4. The molecule has 0 radical (unpaired) electrons. The number of allylic oxidation sites excluding steroid dienone is 3. The van der Waals surface area contributed by atoms with Gasteiger partial charge in [0.2, 0.25) is 29.2 Å². The average Bonchev–Trinajstić information content (AvgIpc) is 1.07. The average molecular weight is 1790 g/mol. The van der Waals surface area contributed by atoms with Gasteiger partial charge in [-0.15, -0.1) is 0 Å². The van der Waals surface area contributed by atoms with E-state index < -0.39 is 10.8 Å². The summed E-state index contributed by atoms with van der Waals surface area (Å²) >= 11 is 0. The zero-order valence-electron chi connectivity index (χ0n) is 77.1. The van der Waals surface area contributed by atoms with Crippen LogP contribution in [0.1, 0.15) is 246 Å². The molecular formula is C107H110N18O9. The second-order valence-electron chi connectivity index (χ2n) is 40.4. The Labute approximate surface area is 777 Å². The number of ether oxygens (including phenoxy) is 4. The number of aliphatic hydroxyl groups is 2. The normalized spacial score (nSPS) is 26.9. The lowest BCUT2D eigenvalue weighted by Gasteiger charge is -2.48. The van der Waals surface area contributed by atoms with Crippen molar-refractivity contribution in [1.82, 2.24) is 84.9 Å². The first kappa shape index (κ1) is 86.3. The molecule has 25 rings (SSSR count). The number of nitrogens with zero attached hydrogens (tertiary/aromatic N) is 18. The minimum absolute atomic E-state index is 0.0374. The highest BCUT2D eigenvalue weighted by Gasteiger charge is 2.56. The Balaban J connectivity index is 0.000000104. The van der Waals surface area contributed by atoms with Crippen molar-refractivity contribution in [3.63, 3.8) is 0 Å². The summed E-state index contributed by atoms with van der Waals surface area (Å²) in [6, 6.07) is 31.7. The first-order valence-corrected chi connectivity index (χ1v) is 48.4. The van der Waals surface area contributed by atoms with Crippen molar-refractivity contribution < 1.29 is 43.3 Å². The quantitative estimate of drug-likeness (QED) is 0.0652. The Morgan fingerprint density at radius 2 is 0.739 bits per heavy atom. The third-order valence-corrected chi connectivity index (χ3v) is 32.8. The summed E-state index contributed by atoms with van der Waals surface area (Å²) in [5.74, 6) is 7.87. The predicted molar refractivity (Wildman–Crippen MR) is 504 cm³/mol. The Hall–Kier alpha value is -13.1. The topological polar surface area (TPSA) is 348 Å². The van der Waals surface area contributed by atoms with Gasteiger partial charge in [0, 0.05) is 107 Å². The smallest absolute Gasteiger partial charge is 0.220 e. The molecule has 12 aliphatic carbocycles. The molecule has 13 aromatic rings. The first-order valence-electron chi connectivity index (χ1n) is 48.4. The molecule has 12 atom stereocenters. The van der Waals surface area contributed by atoms with Crippen molar-refractivity contribution in [3.8, 4) is 69.6 Å². The number of ketones is 2. The number of hydrogen-bond acceptors (Lipinski definition) is 26. The van der Waals surface area contributed by atoms with E-state index in [1.165, 1.54) is 36.8 Å². The molecule has 0 unspecified atom stereocenters. The van der Waals surface area contributed by atoms with Gasteiger partial charge in [-0.3, -0.25) is 9.59 Å². The lowest BCUT2D eigenvalue weighted by Crippen LogP contribution is -2.48. The molecule has 0 bridgehead atoms. The van der Waals surface area contributed by atoms with Crippen LogP contribution in [0.25, 0.3) is 94.5 Å². The molecule has 2 N–H and O–H groups in total. The van der Waals surface area contributed by atoms with E-state index in [2.05, 4.69) is 91.4 Å². The summed E-state index contributed by atoms with van der Waals surface area (Å²) in [6.07, 6.45) is 33.7. The Kier molecular flexibility index (Phi) is 22.2. The van der Waals surface area contributed by atoms with Crippen LogP contribution in [0.2, 0.25) is 0 Å². The van der Waals surface area contributed by atoms with E-state index in [-0.39, 0.29) is 76.4 Å². The molecule has 134 heavy (non-hydrogen) atoms. The first-order chi connectivity index (χ1) is 65.1. The Morgan fingerprint density at radius 3 is 1.10 bits per heavy atom. The van der Waals surface area contributed by atoms with Crippen LogP contribution in [0.4, 0.5) is 0 Å². The number of para-hydroxylation sites is 4. The summed E-state index contributed by atoms with van der Waals surface area (Å²) < 4.78 is 31.5. The number of aliphatic hydroxyl groups excluding tert-OH is 2. The zero-order valence-corrected chi connectivity index (χ0v) is 77.1. The molecular weight excluding hydrogens is 1680 g/mol. The molecule has 0 amide bonds. The summed E-state index contributed by atoms with van der Waals surface area (Å²) in [7, 11) is 0. The van der Waals surface area contributed by atoms with Gasteiger partial charge in [0.1, 0.15) is 84.0 Å². The fraction of sp³-hybridized carbons (Fsp3) is 0.458. The third-order valence-electron chi connectivity index (χ3n) is 32.8. The highest BCUT2D eigenvalue weighted by atomic mass is 16.5. The number of fused-ring (bicyclic) bond motifs is 17. The van der Waals surface area contributed by atoms with Crippen molar-refractivity contribution in [2.75, 3.05) is 0 Å². The second-order valence-corrected chi connectivity index (χ2v) is 40.4. The van der Waals surface area contributed by atoms with Crippen molar-refractivity contribution >= 4 is 55.2 Å². The van der Waals surface area contributed by atoms with Crippen LogP contribution >= 0.6 is 0 Å². The maximum atomic E-state index is 12.9. The highest BCUT2D eigenvalue weighted by molar-refractivity contribution is 5.99. The largest absolute Gasteiger partial charge is 0.523 e. The highest BCUT2D eigenvalue weighted by Crippen LogP contribution is 2.60. The summed E-state index contributed by atoms with van der Waals surface area (Å²) in [5, 5.41) is 28.3. The minimum Gasteiger partial charge on any atom is -0.523 e. The van der Waals surface area contributed by atoms with Crippen LogP contribution in [0.15, 0.2) is 156 Å². The Bertz CT molecular complexity index is 6960. The lowest BCUT2D eigenvalue weighted by molar-refractivity contribution is -0.129. The molecule has 27 heteroatoms. The van der Waals surface area contributed by atoms with Gasteiger partial charge in [-0.2, -0.15) is 19.9 Å². The number of hydrogen-bond donors (Lipinski definition) is 2. The van der Waals surface area contributed by atoms with Gasteiger partial charge < -0.3 is 33.7 Å². The number of carbonyl (C=O) groups excluding carboxylic acids is 2. The maximum Gasteiger partial charge on any atom is 0.220 e. The summed E-state index contributed by atoms with van der Waals surface area (Å²) in [4.78, 5) is 106. The van der Waals surface area contributed by atoms with Crippen molar-refractivity contribution in [2.24, 2.45) is 41.4 Å². The van der Waals surface area contributed by atoms with Crippen molar-refractivity contribution in [1.29, 1.82) is 0 Å². The molecule has 682 valence electrons. The molecule has 0 spiro atoms. The van der Waals surface area contributed by atoms with Gasteiger partial charge in [0.05, 0.1) is 69.6 Å². The summed E-state index contributed by atoms with van der Waals surface area (Å²) in [6.45, 7) is 25.0. The lowest BCUT2D eigenvalue weighted by atomic mass is 9.55. The van der Waals surface area contributed by atoms with E-state index in [0.29, 0.717) is 101 Å². The van der Waals surface area contributed by atoms with Crippen LogP contribution in [0.5, 0.6) is 23.5 Å². The minimum atomic E-state index is -0.409. The number of Topliss-reactive ketones (excluding diaryl/α,β-unsaturated/α-hetero) is 2. The molecule has 9 heterocycles. The van der Waals surface area contributed by atoms with E-state index >= 15 is 0 Å². The zero-order chi connectivity index (χ0) is 91.6. The van der Waals surface area contributed by atoms with E-state index in [1.54, 1.807) is 25.3 Å². The molecule has 4 aromatic carbocycles. The van der Waals surface area contributed by atoms with E-state index in [4.69, 9.17) is 69.9 Å². The van der Waals surface area contributed by atoms with E-state index in [1.807, 2.05) is 117 Å². The third kappa shape index (κ3) is 14.8. The summed E-state index contributed by atoms with van der Waals surface area (Å²) in [5.41, 5.74) is 15.7. The molecule has 12 aliphatic rings. The van der Waals surface area contributed by atoms with Gasteiger partial charge in [0.15, 0.2) is 29.1 Å². The molecule has 9 aromatic heterocycles. The van der Waals surface area contributed by atoms with Crippen LogP contribution in [0, 0.1) is 48.0 Å². The monoisotopic (exact) mass is 1790 g/mol. The molecule has 0 aliphatic heterocycles. The SMILES string of the molecule is C[C@H]1C(=O)/C(=C\O)C[C@@]2(C)c3nc(-c4ncnc5ccccc45)nc(OC4CCC4)c3CC[C@H]12.C[C@H]1C(=O)CC[C@@]2(C)c3nc(-c4ncnc5ccccc45)nc(OC4CCC4)c3CC[C@H]12.C[C@H]1c2oncc2C[C@@]2(C)c3nc(-c4ncnc5ccccc45)nc(OC4CCC4)c3CC[C@H]12.[C-]#[N+]C1=C(O)[C@H](C)[C@H]2CCc3c(OC4CCC4)nc(-c4ncnc5ccccc45)nc3[C@]2(C)C1. The van der Waals surface area contributed by atoms with Gasteiger partial charge in [-0.1, -0.05) is 133 Å². The number of benzene rings is 4. The number of carbonyl (C=O) groups is 2. The van der Waals surface area contributed by atoms with Crippen LogP contribution in [-0.2, 0) is 63.4 Å². The van der Waals surface area contributed by atoms with Crippen LogP contribution in [-0.4, -0.2) is 131 Å². The molecule has 6 saturated carbocycles. The van der Waals surface area contributed by atoms with E-state index in [9.17, 15) is 19.8 Å². The van der Waals surface area contributed by atoms with E-state index in [0.717, 1.165) is 234 Å². The standard InChI is InChI=1S/2C27H27N5O2.C27H28N4O3.C26H28N4O2/c1-15-20-11-10-19-24(27(20,2)12-16-13-30-34-23(15)16)31-25(32-26(19)33-17-6-5-7-17)22-18-8-3-4-9-21(18)28-14-29-22;1-15-19-12-11-18-24(27(19,2)13-21(28-3)23(15)33)31-25(32-26(18)34-16-7-6-8-16)22-17-9-4-5-10-20(17)29-14-30-22;1-15-20-11-10-19-24(27(20,2)12-16(13-32)23(15)33)30-25(31-26(19)34-17-6-5-7-17)22-18-8-3-4-9-21(18)28-14-29-22;1-15-19-11-10-18-23(26(19,2)13-12-21(15)31)29-24(30-25(18)32-16-6-5-7-16)22-17-8-3-4-9-20(17)27-14-28-22/h3-4,8-9,13-15,17,20H,5-7,10-12H2,1-2H3;4-5,9-10,14-16,19,33H,6-8,11-13H2,1-2H3;3-4,8-9,13-15,17,20,32H,5-7,10-12H2,1-2H3;3-4,8-9,14-16,19H,5-7,10-13H2,1-2H3/b;;16-13-;/t15-,20-,27-;15-,19-,27-;15-,20-,27-;15-,19-,26-/m1111/s1. The predicted octanol–water partition coefficient (Wildman–Crippen LogP) is 20.5. The van der Waals surface area contributed by atoms with Crippen molar-refractivity contribution in [3.05, 3.63) is 220 Å². The van der Waals surface area contributed by atoms with Crippen LogP contribution < -0.4 is 18.9 Å². The van der Waals surface area contributed by atoms with Gasteiger partial charge in [0.25, 0.3) is 0 Å². The van der Waals surface area contributed by atoms with Gasteiger partial charge in [-0.25, -0.2) is 64.7 Å². The molecule has 0 saturated heterocycles. The van der Waals surface area contributed by atoms with Gasteiger partial charge >= 0.3 is 0 Å². The fourth-order valence-corrected chi connectivity index (χ4v) is 24.4. The van der Waals surface area contributed by atoms with Crippen LogP contribution in [0.3, 0.4) is 0 Å². The fourth-order valence-electron chi connectivity index (χ4n) is 24.4.